The van der Waals surface area contributed by atoms with Gasteiger partial charge in [0.2, 0.25) is 0 Å². The van der Waals surface area contributed by atoms with Crippen LogP contribution in [0.2, 0.25) is 0 Å². The number of aromatic nitrogens is 2. The predicted octanol–water partition coefficient (Wildman–Crippen LogP) is 1.89. The second-order valence-corrected chi connectivity index (χ2v) is 3.47. The molecular formula is C12H12N2O2. The maximum Gasteiger partial charge on any atom is 0.281 e. The van der Waals surface area contributed by atoms with E-state index in [9.17, 15) is 4.79 Å². The minimum atomic E-state index is -0.189. The summed E-state index contributed by atoms with van der Waals surface area (Å²) in [5.74, 6) is 0.367. The molecule has 0 aliphatic rings. The Bertz CT molecular complexity index is 517. The monoisotopic (exact) mass is 216 g/mol. The van der Waals surface area contributed by atoms with Crippen LogP contribution in [0.25, 0.3) is 0 Å². The number of hydrogen-bond acceptors (Lipinski definition) is 3. The van der Waals surface area contributed by atoms with E-state index in [2.05, 4.69) is 5.10 Å². The summed E-state index contributed by atoms with van der Waals surface area (Å²) in [6.07, 6.45) is 3.34. The van der Waals surface area contributed by atoms with Gasteiger partial charge in [0.1, 0.15) is 5.75 Å². The minimum absolute atomic E-state index is 0.189. The molecule has 0 unspecified atom stereocenters. The van der Waals surface area contributed by atoms with E-state index in [-0.39, 0.29) is 5.91 Å². The van der Waals surface area contributed by atoms with Crippen molar-refractivity contribution in [3.63, 3.8) is 0 Å². The van der Waals surface area contributed by atoms with Crippen molar-refractivity contribution in [1.82, 2.24) is 9.78 Å². The summed E-state index contributed by atoms with van der Waals surface area (Å²) in [6.45, 7) is 1.89. The maximum absolute atomic E-state index is 12.1. The first-order chi connectivity index (χ1) is 7.72. The Morgan fingerprint density at radius 3 is 2.75 bits per heavy atom. The third-order valence-electron chi connectivity index (χ3n) is 2.26. The molecule has 2 aromatic rings. The van der Waals surface area contributed by atoms with E-state index in [0.29, 0.717) is 11.3 Å². The highest BCUT2D eigenvalue weighted by atomic mass is 16.5. The summed E-state index contributed by atoms with van der Waals surface area (Å²) in [5.41, 5.74) is 1.45. The first kappa shape index (κ1) is 10.4. The van der Waals surface area contributed by atoms with Crippen LogP contribution >= 0.6 is 0 Å². The van der Waals surface area contributed by atoms with Crippen molar-refractivity contribution in [3.05, 3.63) is 47.8 Å². The zero-order chi connectivity index (χ0) is 11.5. The second kappa shape index (κ2) is 4.18. The van der Waals surface area contributed by atoms with Crippen LogP contribution < -0.4 is 4.74 Å². The molecular weight excluding hydrogens is 204 g/mol. The Hall–Kier alpha value is -2.10. The lowest BCUT2D eigenvalue weighted by Gasteiger charge is -2.06. The van der Waals surface area contributed by atoms with Gasteiger partial charge in [0.05, 0.1) is 18.9 Å². The van der Waals surface area contributed by atoms with Gasteiger partial charge in [0.15, 0.2) is 0 Å². The fourth-order valence-corrected chi connectivity index (χ4v) is 1.47. The van der Waals surface area contributed by atoms with Gasteiger partial charge in [-0.1, -0.05) is 12.1 Å². The molecule has 0 spiro atoms. The molecule has 2 rings (SSSR count). The van der Waals surface area contributed by atoms with Crippen LogP contribution in [-0.4, -0.2) is 22.8 Å². The van der Waals surface area contributed by atoms with Gasteiger partial charge >= 0.3 is 0 Å². The van der Waals surface area contributed by atoms with Crippen LogP contribution in [0.15, 0.2) is 36.7 Å². The molecule has 1 aromatic carbocycles. The molecule has 0 aliphatic heterocycles. The zero-order valence-corrected chi connectivity index (χ0v) is 9.18. The van der Waals surface area contributed by atoms with E-state index in [1.54, 1.807) is 37.7 Å². The third kappa shape index (κ3) is 1.82. The van der Waals surface area contributed by atoms with Crippen LogP contribution in [0.5, 0.6) is 5.75 Å². The number of rotatable bonds is 2. The van der Waals surface area contributed by atoms with Gasteiger partial charge in [0.25, 0.3) is 5.91 Å². The van der Waals surface area contributed by atoms with Crippen molar-refractivity contribution in [2.75, 3.05) is 7.11 Å². The molecule has 0 amide bonds. The first-order valence-corrected chi connectivity index (χ1v) is 4.91. The van der Waals surface area contributed by atoms with Crippen LogP contribution in [0.3, 0.4) is 0 Å². The average molecular weight is 216 g/mol. The molecule has 0 saturated heterocycles. The number of benzene rings is 1. The van der Waals surface area contributed by atoms with Gasteiger partial charge in [-0.15, -0.1) is 0 Å². The maximum atomic E-state index is 12.1. The van der Waals surface area contributed by atoms with Crippen LogP contribution in [0.4, 0.5) is 0 Å². The number of hydrogen-bond donors (Lipinski definition) is 0. The molecule has 0 radical (unpaired) electrons. The number of methoxy groups -OCH3 is 1. The topological polar surface area (TPSA) is 44.1 Å². The second-order valence-electron chi connectivity index (χ2n) is 3.47. The van der Waals surface area contributed by atoms with Crippen molar-refractivity contribution in [3.8, 4) is 5.75 Å². The molecule has 4 nitrogen and oxygen atoms in total. The largest absolute Gasteiger partial charge is 0.496 e. The van der Waals surface area contributed by atoms with Crippen molar-refractivity contribution >= 4 is 5.91 Å². The highest BCUT2D eigenvalue weighted by Crippen LogP contribution is 2.18. The number of nitrogens with zero attached hydrogens (tertiary/aromatic N) is 2. The normalized spacial score (nSPS) is 10.1. The molecule has 0 aliphatic carbocycles. The number of ether oxygens (including phenoxy) is 1. The SMILES string of the molecule is COc1ccccc1C(=O)n1cc(C)cn1. The molecule has 4 heteroatoms. The Balaban J connectivity index is 2.41. The number of aryl methyl sites for hydroxylation is 1. The molecule has 1 heterocycles. The Morgan fingerprint density at radius 2 is 2.12 bits per heavy atom. The predicted molar refractivity (Wildman–Crippen MR) is 59.7 cm³/mol. The molecule has 0 fully saturated rings. The molecule has 82 valence electrons. The molecule has 16 heavy (non-hydrogen) atoms. The van der Waals surface area contributed by atoms with Crippen molar-refractivity contribution in [1.29, 1.82) is 0 Å². The minimum Gasteiger partial charge on any atom is -0.496 e. The van der Waals surface area contributed by atoms with Crippen molar-refractivity contribution in [2.45, 2.75) is 6.92 Å². The Kier molecular flexibility index (Phi) is 2.72. The fourth-order valence-electron chi connectivity index (χ4n) is 1.47. The highest BCUT2D eigenvalue weighted by Gasteiger charge is 2.13. The lowest BCUT2D eigenvalue weighted by molar-refractivity contribution is 0.0942. The van der Waals surface area contributed by atoms with Gasteiger partial charge in [-0.25, -0.2) is 4.68 Å². The first-order valence-electron chi connectivity index (χ1n) is 4.91. The van der Waals surface area contributed by atoms with Gasteiger partial charge in [0, 0.05) is 6.20 Å². The van der Waals surface area contributed by atoms with Crippen molar-refractivity contribution in [2.24, 2.45) is 0 Å². The molecule has 1 aromatic heterocycles. The Labute approximate surface area is 93.5 Å². The summed E-state index contributed by atoms with van der Waals surface area (Å²) in [5, 5.41) is 3.98. The smallest absolute Gasteiger partial charge is 0.281 e. The number of para-hydroxylation sites is 1. The molecule has 0 N–H and O–H groups in total. The van der Waals surface area contributed by atoms with E-state index < -0.39 is 0 Å². The number of carbonyl (C=O) groups excluding carboxylic acids is 1. The fraction of sp³-hybridized carbons (Fsp3) is 0.167. The van der Waals surface area contributed by atoms with Crippen LogP contribution in [-0.2, 0) is 0 Å². The highest BCUT2D eigenvalue weighted by molar-refractivity contribution is 5.97. The van der Waals surface area contributed by atoms with E-state index in [4.69, 9.17) is 4.74 Å². The Morgan fingerprint density at radius 1 is 1.38 bits per heavy atom. The standard InChI is InChI=1S/C12H12N2O2/c1-9-7-13-14(8-9)12(15)10-5-3-4-6-11(10)16-2/h3-8H,1-2H3. The van der Waals surface area contributed by atoms with E-state index in [1.807, 2.05) is 13.0 Å². The van der Waals surface area contributed by atoms with Crippen molar-refractivity contribution < 1.29 is 9.53 Å². The number of carbonyl (C=O) groups is 1. The average Bonchev–Trinajstić information content (AvgIpc) is 2.75. The molecule has 0 saturated carbocycles. The van der Waals surface area contributed by atoms with E-state index in [1.165, 1.54) is 4.68 Å². The summed E-state index contributed by atoms with van der Waals surface area (Å²) in [7, 11) is 1.54. The summed E-state index contributed by atoms with van der Waals surface area (Å²) >= 11 is 0. The van der Waals surface area contributed by atoms with Gasteiger partial charge in [-0.05, 0) is 24.6 Å². The summed E-state index contributed by atoms with van der Waals surface area (Å²) in [6, 6.07) is 7.10. The third-order valence-corrected chi connectivity index (χ3v) is 2.26. The van der Waals surface area contributed by atoms with E-state index >= 15 is 0 Å². The molecule has 0 bridgehead atoms. The van der Waals surface area contributed by atoms with Gasteiger partial charge < -0.3 is 4.74 Å². The lowest BCUT2D eigenvalue weighted by Crippen LogP contribution is -2.13. The quantitative estimate of drug-likeness (QED) is 0.770. The van der Waals surface area contributed by atoms with Crippen LogP contribution in [0.1, 0.15) is 15.9 Å². The lowest BCUT2D eigenvalue weighted by atomic mass is 10.2. The summed E-state index contributed by atoms with van der Waals surface area (Å²) in [4.78, 5) is 12.1. The summed E-state index contributed by atoms with van der Waals surface area (Å²) < 4.78 is 6.45. The molecule has 0 atom stereocenters. The van der Waals surface area contributed by atoms with Gasteiger partial charge in [-0.2, -0.15) is 5.10 Å². The van der Waals surface area contributed by atoms with Crippen LogP contribution in [0, 0.1) is 6.92 Å². The van der Waals surface area contributed by atoms with E-state index in [0.717, 1.165) is 5.56 Å². The zero-order valence-electron chi connectivity index (χ0n) is 9.18. The van der Waals surface area contributed by atoms with Gasteiger partial charge in [-0.3, -0.25) is 4.79 Å².